The molecule has 1 saturated heterocycles. The second-order valence-corrected chi connectivity index (χ2v) is 7.83. The Bertz CT molecular complexity index is 865. The number of rotatable bonds is 8. The number of nitrogens with one attached hydrogen (secondary N) is 1. The summed E-state index contributed by atoms with van der Waals surface area (Å²) in [7, 11) is 7.19. The number of hydrogen-bond donors (Lipinski definition) is 1. The SMILES string of the molecule is CN=C(NCc1ccnc(N2CCCCC2)c1)N(C)CCc1ccc(OC)c(OC)c1. The van der Waals surface area contributed by atoms with Gasteiger partial charge in [-0.15, -0.1) is 0 Å². The Morgan fingerprint density at radius 3 is 2.55 bits per heavy atom. The maximum atomic E-state index is 5.41. The molecule has 1 N–H and O–H groups in total. The third kappa shape index (κ3) is 6.26. The zero-order valence-corrected chi connectivity index (χ0v) is 19.2. The molecule has 0 aliphatic carbocycles. The molecular formula is C24H35N5O2. The fraction of sp³-hybridized carbons (Fsp3) is 0.500. The van der Waals surface area contributed by atoms with Gasteiger partial charge in [-0.05, 0) is 61.1 Å². The number of pyridine rings is 1. The van der Waals surface area contributed by atoms with E-state index in [1.165, 1.54) is 30.4 Å². The second kappa shape index (κ2) is 11.4. The first kappa shape index (κ1) is 22.7. The average Bonchev–Trinajstić information content (AvgIpc) is 2.83. The number of piperidine rings is 1. The van der Waals surface area contributed by atoms with Crippen LogP contribution in [0.5, 0.6) is 11.5 Å². The number of hydrogen-bond acceptors (Lipinski definition) is 5. The molecule has 0 unspecified atom stereocenters. The molecule has 3 rings (SSSR count). The third-order valence-corrected chi connectivity index (χ3v) is 5.70. The zero-order valence-electron chi connectivity index (χ0n) is 19.2. The smallest absolute Gasteiger partial charge is 0.193 e. The Morgan fingerprint density at radius 1 is 1.06 bits per heavy atom. The van der Waals surface area contributed by atoms with E-state index in [9.17, 15) is 0 Å². The largest absolute Gasteiger partial charge is 0.493 e. The van der Waals surface area contributed by atoms with Crippen molar-refractivity contribution in [2.24, 2.45) is 4.99 Å². The number of nitrogens with zero attached hydrogens (tertiary/aromatic N) is 4. The summed E-state index contributed by atoms with van der Waals surface area (Å²) < 4.78 is 10.7. The summed E-state index contributed by atoms with van der Waals surface area (Å²) in [4.78, 5) is 13.6. The number of aromatic nitrogens is 1. The maximum Gasteiger partial charge on any atom is 0.193 e. The van der Waals surface area contributed by atoms with Crippen molar-refractivity contribution in [3.63, 3.8) is 0 Å². The van der Waals surface area contributed by atoms with Crippen molar-refractivity contribution in [2.75, 3.05) is 52.8 Å². The van der Waals surface area contributed by atoms with Gasteiger partial charge >= 0.3 is 0 Å². The lowest BCUT2D eigenvalue weighted by Crippen LogP contribution is -2.39. The topological polar surface area (TPSA) is 62.2 Å². The maximum absolute atomic E-state index is 5.41. The van der Waals surface area contributed by atoms with Crippen molar-refractivity contribution in [1.29, 1.82) is 0 Å². The van der Waals surface area contributed by atoms with E-state index in [2.05, 4.69) is 50.3 Å². The number of ether oxygens (including phenoxy) is 2. The van der Waals surface area contributed by atoms with Crippen LogP contribution in [0.15, 0.2) is 41.5 Å². The Kier molecular flexibility index (Phi) is 8.38. The van der Waals surface area contributed by atoms with Gasteiger partial charge in [-0.25, -0.2) is 4.98 Å². The minimum absolute atomic E-state index is 0.719. The van der Waals surface area contributed by atoms with Crippen molar-refractivity contribution < 1.29 is 9.47 Å². The highest BCUT2D eigenvalue weighted by molar-refractivity contribution is 5.79. The predicted octanol–water partition coefficient (Wildman–Crippen LogP) is 3.34. The van der Waals surface area contributed by atoms with Gasteiger partial charge in [-0.3, -0.25) is 4.99 Å². The minimum atomic E-state index is 0.719. The number of anilines is 1. The Morgan fingerprint density at radius 2 is 1.84 bits per heavy atom. The molecule has 0 bridgehead atoms. The summed E-state index contributed by atoms with van der Waals surface area (Å²) in [5, 5.41) is 3.48. The van der Waals surface area contributed by atoms with Crippen LogP contribution in [0, 0.1) is 0 Å². The second-order valence-electron chi connectivity index (χ2n) is 7.83. The van der Waals surface area contributed by atoms with Crippen molar-refractivity contribution in [3.8, 4) is 11.5 Å². The average molecular weight is 426 g/mol. The van der Waals surface area contributed by atoms with Gasteiger partial charge in [-0.2, -0.15) is 0 Å². The molecule has 0 atom stereocenters. The lowest BCUT2D eigenvalue weighted by Gasteiger charge is -2.28. The van der Waals surface area contributed by atoms with E-state index in [4.69, 9.17) is 9.47 Å². The lowest BCUT2D eigenvalue weighted by molar-refractivity contribution is 0.354. The molecule has 1 aromatic heterocycles. The summed E-state index contributed by atoms with van der Waals surface area (Å²) >= 11 is 0. The molecular weight excluding hydrogens is 390 g/mol. The van der Waals surface area contributed by atoms with Crippen LogP contribution in [-0.4, -0.2) is 63.8 Å². The fourth-order valence-electron chi connectivity index (χ4n) is 3.87. The van der Waals surface area contributed by atoms with E-state index in [1.54, 1.807) is 14.2 Å². The number of benzene rings is 1. The summed E-state index contributed by atoms with van der Waals surface area (Å²) in [6.07, 6.45) is 6.61. The summed E-state index contributed by atoms with van der Waals surface area (Å²) in [6, 6.07) is 10.3. The van der Waals surface area contributed by atoms with E-state index in [0.29, 0.717) is 0 Å². The highest BCUT2D eigenvalue weighted by Crippen LogP contribution is 2.27. The normalized spacial score (nSPS) is 14.3. The number of methoxy groups -OCH3 is 2. The molecule has 0 spiro atoms. The Balaban J connectivity index is 1.54. The lowest BCUT2D eigenvalue weighted by atomic mass is 10.1. The van der Waals surface area contributed by atoms with Gasteiger partial charge in [0.15, 0.2) is 17.5 Å². The van der Waals surface area contributed by atoms with Crippen molar-refractivity contribution in [3.05, 3.63) is 47.7 Å². The van der Waals surface area contributed by atoms with Gasteiger partial charge in [0.1, 0.15) is 5.82 Å². The molecule has 168 valence electrons. The highest BCUT2D eigenvalue weighted by Gasteiger charge is 2.13. The van der Waals surface area contributed by atoms with E-state index < -0.39 is 0 Å². The van der Waals surface area contributed by atoms with Crippen LogP contribution in [-0.2, 0) is 13.0 Å². The molecule has 7 heteroatoms. The number of likely N-dealkylation sites (N-methyl/N-ethyl adjacent to an activating group) is 1. The molecule has 1 aliphatic heterocycles. The Hall–Kier alpha value is -2.96. The summed E-state index contributed by atoms with van der Waals surface area (Å²) in [6.45, 7) is 3.76. The third-order valence-electron chi connectivity index (χ3n) is 5.70. The van der Waals surface area contributed by atoms with Crippen LogP contribution in [0.1, 0.15) is 30.4 Å². The van der Waals surface area contributed by atoms with Gasteiger partial charge in [0.2, 0.25) is 0 Å². The van der Waals surface area contributed by atoms with Gasteiger partial charge < -0.3 is 24.6 Å². The molecule has 1 aliphatic rings. The van der Waals surface area contributed by atoms with E-state index in [0.717, 1.165) is 55.9 Å². The number of aliphatic imine (C=N–C) groups is 1. The highest BCUT2D eigenvalue weighted by atomic mass is 16.5. The molecule has 7 nitrogen and oxygen atoms in total. The first-order valence-electron chi connectivity index (χ1n) is 11.0. The molecule has 2 aromatic rings. The number of guanidine groups is 1. The summed E-state index contributed by atoms with van der Waals surface area (Å²) in [5.74, 6) is 3.46. The molecule has 2 heterocycles. The van der Waals surface area contributed by atoms with Gasteiger partial charge in [-0.1, -0.05) is 6.07 Å². The molecule has 0 amide bonds. The van der Waals surface area contributed by atoms with Crippen LogP contribution in [0.2, 0.25) is 0 Å². The first-order valence-corrected chi connectivity index (χ1v) is 11.0. The van der Waals surface area contributed by atoms with Crippen LogP contribution < -0.4 is 19.7 Å². The molecule has 1 fully saturated rings. The predicted molar refractivity (Wildman–Crippen MR) is 126 cm³/mol. The molecule has 1 aromatic carbocycles. The van der Waals surface area contributed by atoms with E-state index in [1.807, 2.05) is 25.4 Å². The van der Waals surface area contributed by atoms with Crippen molar-refractivity contribution >= 4 is 11.8 Å². The van der Waals surface area contributed by atoms with Gasteiger partial charge in [0.05, 0.1) is 14.2 Å². The monoisotopic (exact) mass is 425 g/mol. The van der Waals surface area contributed by atoms with E-state index >= 15 is 0 Å². The fourth-order valence-corrected chi connectivity index (χ4v) is 3.87. The quantitative estimate of drug-likeness (QED) is 0.517. The minimum Gasteiger partial charge on any atom is -0.493 e. The van der Waals surface area contributed by atoms with Crippen LogP contribution in [0.25, 0.3) is 0 Å². The van der Waals surface area contributed by atoms with Gasteiger partial charge in [0, 0.05) is 46.5 Å². The van der Waals surface area contributed by atoms with Crippen LogP contribution in [0.3, 0.4) is 0 Å². The van der Waals surface area contributed by atoms with Crippen LogP contribution in [0.4, 0.5) is 5.82 Å². The zero-order chi connectivity index (χ0) is 22.1. The molecule has 31 heavy (non-hydrogen) atoms. The Labute approximate surface area is 186 Å². The molecule has 0 radical (unpaired) electrons. The van der Waals surface area contributed by atoms with Gasteiger partial charge in [0.25, 0.3) is 0 Å². The molecule has 0 saturated carbocycles. The van der Waals surface area contributed by atoms with Crippen molar-refractivity contribution in [2.45, 2.75) is 32.2 Å². The standard InChI is InChI=1S/C24H35N5O2/c1-25-24(28(2)15-11-19-8-9-21(30-3)22(16-19)31-4)27-18-20-10-12-26-23(17-20)29-13-6-5-7-14-29/h8-10,12,16-17H,5-7,11,13-15,18H2,1-4H3,(H,25,27). The summed E-state index contributed by atoms with van der Waals surface area (Å²) in [5.41, 5.74) is 2.41. The van der Waals surface area contributed by atoms with Crippen molar-refractivity contribution in [1.82, 2.24) is 15.2 Å². The van der Waals surface area contributed by atoms with Crippen LogP contribution >= 0.6 is 0 Å². The van der Waals surface area contributed by atoms with E-state index in [-0.39, 0.29) is 0 Å². The first-order chi connectivity index (χ1) is 15.1.